The molecule has 1 aromatic carbocycles. The number of fused-ring (bicyclic) bond motifs is 1. The largest absolute Gasteiger partial charge is 0.399 e. The maximum absolute atomic E-state index is 11.3. The molecular weight excluding hydrogens is 248 g/mol. The molecule has 0 aliphatic rings. The molecule has 0 saturated heterocycles. The highest BCUT2D eigenvalue weighted by molar-refractivity contribution is 7.84. The topological polar surface area (TPSA) is 80.9 Å². The number of nitrogens with one attached hydrogen (secondary N) is 1. The van der Waals surface area contributed by atoms with Gasteiger partial charge in [-0.15, -0.1) is 0 Å². The lowest BCUT2D eigenvalue weighted by molar-refractivity contribution is 0.684. The zero-order valence-corrected chi connectivity index (χ0v) is 11.0. The van der Waals surface area contributed by atoms with Crippen molar-refractivity contribution in [2.45, 2.75) is 6.92 Å². The van der Waals surface area contributed by atoms with Crippen molar-refractivity contribution >= 4 is 33.2 Å². The molecule has 1 heterocycles. The number of hydrogen-bond donors (Lipinski definition) is 2. The molecule has 0 aliphatic carbocycles. The third-order valence-corrected chi connectivity index (χ3v) is 3.91. The van der Waals surface area contributed by atoms with Gasteiger partial charge in [0.15, 0.2) is 0 Å². The van der Waals surface area contributed by atoms with E-state index in [0.717, 1.165) is 16.7 Å². The molecular formula is C12H16N4OS. The van der Waals surface area contributed by atoms with Crippen molar-refractivity contribution in [3.8, 4) is 0 Å². The molecule has 1 aromatic heterocycles. The van der Waals surface area contributed by atoms with Gasteiger partial charge in [-0.2, -0.15) is 0 Å². The minimum absolute atomic E-state index is 0.615. The molecule has 3 N–H and O–H groups in total. The highest BCUT2D eigenvalue weighted by Crippen LogP contribution is 2.21. The number of benzene rings is 1. The summed E-state index contributed by atoms with van der Waals surface area (Å²) < 4.78 is 11.3. The Kier molecular flexibility index (Phi) is 4.09. The fraction of sp³-hybridized carbons (Fsp3) is 0.333. The summed E-state index contributed by atoms with van der Waals surface area (Å²) in [7, 11) is -0.769. The average Bonchev–Trinajstić information content (AvgIpc) is 2.39. The van der Waals surface area contributed by atoms with E-state index in [0.29, 0.717) is 23.7 Å². The first-order valence-corrected chi connectivity index (χ1v) is 7.28. The third-order valence-electron chi connectivity index (χ3n) is 2.60. The number of nitrogens with zero attached hydrogens (tertiary/aromatic N) is 2. The molecule has 0 amide bonds. The summed E-state index contributed by atoms with van der Waals surface area (Å²) in [6.45, 7) is 2.54. The van der Waals surface area contributed by atoms with Crippen LogP contribution in [0.25, 0.3) is 10.9 Å². The van der Waals surface area contributed by atoms with Crippen LogP contribution in [0.15, 0.2) is 24.5 Å². The smallest absolute Gasteiger partial charge is 0.137 e. The van der Waals surface area contributed by atoms with Gasteiger partial charge in [-0.1, -0.05) is 6.92 Å². The Hall–Kier alpha value is -1.69. The van der Waals surface area contributed by atoms with Crippen molar-refractivity contribution in [1.29, 1.82) is 0 Å². The Morgan fingerprint density at radius 1 is 1.39 bits per heavy atom. The second kappa shape index (κ2) is 5.77. The minimum atomic E-state index is -0.769. The summed E-state index contributed by atoms with van der Waals surface area (Å²) in [5.41, 5.74) is 7.28. The number of aromatic nitrogens is 2. The Morgan fingerprint density at radius 3 is 3.00 bits per heavy atom. The molecule has 1 atom stereocenters. The summed E-state index contributed by atoms with van der Waals surface area (Å²) in [6, 6.07) is 5.52. The van der Waals surface area contributed by atoms with Gasteiger partial charge in [0.1, 0.15) is 12.1 Å². The van der Waals surface area contributed by atoms with E-state index >= 15 is 0 Å². The van der Waals surface area contributed by atoms with Crippen LogP contribution < -0.4 is 11.1 Å². The molecule has 0 bridgehead atoms. The number of nitrogens with two attached hydrogens (primary N) is 1. The van der Waals surface area contributed by atoms with Crippen LogP contribution in [0, 0.1) is 0 Å². The van der Waals surface area contributed by atoms with Gasteiger partial charge < -0.3 is 11.1 Å². The van der Waals surface area contributed by atoms with Gasteiger partial charge in [0.05, 0.1) is 5.52 Å². The van der Waals surface area contributed by atoms with Crippen LogP contribution in [-0.2, 0) is 10.8 Å². The minimum Gasteiger partial charge on any atom is -0.399 e. The van der Waals surface area contributed by atoms with Crippen molar-refractivity contribution in [3.05, 3.63) is 24.5 Å². The average molecular weight is 264 g/mol. The Bertz CT molecular complexity index is 573. The quantitative estimate of drug-likeness (QED) is 0.798. The van der Waals surface area contributed by atoms with Crippen molar-refractivity contribution in [3.63, 3.8) is 0 Å². The van der Waals surface area contributed by atoms with Gasteiger partial charge in [-0.3, -0.25) is 4.21 Å². The van der Waals surface area contributed by atoms with Crippen LogP contribution in [0.2, 0.25) is 0 Å². The number of anilines is 2. The van der Waals surface area contributed by atoms with Crippen molar-refractivity contribution in [2.24, 2.45) is 0 Å². The number of nitrogen functional groups attached to an aromatic ring is 1. The van der Waals surface area contributed by atoms with E-state index < -0.39 is 10.8 Å². The summed E-state index contributed by atoms with van der Waals surface area (Å²) in [5.74, 6) is 2.03. The second-order valence-electron chi connectivity index (χ2n) is 3.86. The van der Waals surface area contributed by atoms with Crippen LogP contribution in [0.5, 0.6) is 0 Å². The Balaban J connectivity index is 2.17. The van der Waals surface area contributed by atoms with Crippen LogP contribution in [0.3, 0.4) is 0 Å². The summed E-state index contributed by atoms with van der Waals surface area (Å²) >= 11 is 0. The molecule has 2 aromatic rings. The Labute approximate surface area is 108 Å². The Morgan fingerprint density at radius 2 is 2.22 bits per heavy atom. The van der Waals surface area contributed by atoms with Crippen LogP contribution >= 0.6 is 0 Å². The van der Waals surface area contributed by atoms with Gasteiger partial charge in [0.2, 0.25) is 0 Å². The molecule has 0 radical (unpaired) electrons. The SMILES string of the molecule is CCS(=O)CCNc1ncnc2ccc(N)cc12. The highest BCUT2D eigenvalue weighted by atomic mass is 32.2. The second-order valence-corrected chi connectivity index (χ2v) is 5.72. The molecule has 0 saturated carbocycles. The zero-order valence-electron chi connectivity index (χ0n) is 10.2. The van der Waals surface area contributed by atoms with Gasteiger partial charge in [0, 0.05) is 39.9 Å². The first-order chi connectivity index (χ1) is 8.70. The van der Waals surface area contributed by atoms with E-state index in [1.165, 1.54) is 6.33 Å². The van der Waals surface area contributed by atoms with Gasteiger partial charge >= 0.3 is 0 Å². The molecule has 0 aliphatic heterocycles. The molecule has 0 spiro atoms. The van der Waals surface area contributed by atoms with Gasteiger partial charge in [-0.25, -0.2) is 9.97 Å². The van der Waals surface area contributed by atoms with Crippen molar-refractivity contribution in [2.75, 3.05) is 29.1 Å². The fourth-order valence-electron chi connectivity index (χ4n) is 1.64. The third kappa shape index (κ3) is 2.95. The highest BCUT2D eigenvalue weighted by Gasteiger charge is 2.04. The molecule has 96 valence electrons. The monoisotopic (exact) mass is 264 g/mol. The predicted octanol–water partition coefficient (Wildman–Crippen LogP) is 1.39. The summed E-state index contributed by atoms with van der Waals surface area (Å²) in [5, 5.41) is 4.07. The zero-order chi connectivity index (χ0) is 13.0. The van der Waals surface area contributed by atoms with E-state index in [9.17, 15) is 4.21 Å². The molecule has 5 nitrogen and oxygen atoms in total. The number of rotatable bonds is 5. The first kappa shape index (κ1) is 12.8. The normalized spacial score (nSPS) is 12.5. The first-order valence-electron chi connectivity index (χ1n) is 5.79. The van der Waals surface area contributed by atoms with E-state index in [2.05, 4.69) is 15.3 Å². The van der Waals surface area contributed by atoms with Crippen molar-refractivity contribution in [1.82, 2.24) is 9.97 Å². The molecule has 6 heteroatoms. The predicted molar refractivity (Wildman–Crippen MR) is 76.0 cm³/mol. The van der Waals surface area contributed by atoms with E-state index in [-0.39, 0.29) is 0 Å². The van der Waals surface area contributed by atoms with Crippen molar-refractivity contribution < 1.29 is 4.21 Å². The van der Waals surface area contributed by atoms with Crippen LogP contribution in [0.4, 0.5) is 11.5 Å². The standard InChI is InChI=1S/C12H16N4OS/c1-2-18(17)6-5-14-12-10-7-9(13)3-4-11(10)15-8-16-12/h3-4,7-8H,2,5-6,13H2,1H3,(H,14,15,16). The van der Waals surface area contributed by atoms with E-state index in [4.69, 9.17) is 5.73 Å². The molecule has 2 rings (SSSR count). The molecule has 18 heavy (non-hydrogen) atoms. The van der Waals surface area contributed by atoms with E-state index in [1.54, 1.807) is 0 Å². The maximum Gasteiger partial charge on any atom is 0.137 e. The fourth-order valence-corrected chi connectivity index (χ4v) is 2.26. The van der Waals surface area contributed by atoms with Crippen LogP contribution in [-0.4, -0.2) is 32.2 Å². The lowest BCUT2D eigenvalue weighted by atomic mass is 10.2. The molecule has 1 unspecified atom stereocenters. The lowest BCUT2D eigenvalue weighted by Crippen LogP contribution is -2.13. The van der Waals surface area contributed by atoms with Gasteiger partial charge in [-0.05, 0) is 18.2 Å². The maximum atomic E-state index is 11.3. The number of hydrogen-bond acceptors (Lipinski definition) is 5. The van der Waals surface area contributed by atoms with E-state index in [1.807, 2.05) is 25.1 Å². The van der Waals surface area contributed by atoms with Gasteiger partial charge in [0.25, 0.3) is 0 Å². The summed E-state index contributed by atoms with van der Waals surface area (Å²) in [6.07, 6.45) is 1.51. The van der Waals surface area contributed by atoms with Crippen LogP contribution in [0.1, 0.15) is 6.92 Å². The lowest BCUT2D eigenvalue weighted by Gasteiger charge is -2.08. The molecule has 0 fully saturated rings. The summed E-state index contributed by atoms with van der Waals surface area (Å²) in [4.78, 5) is 8.37.